The molecule has 0 unspecified atom stereocenters. The van der Waals surface area contributed by atoms with Gasteiger partial charge in [0.25, 0.3) is 0 Å². The minimum absolute atomic E-state index is 0.0706. The van der Waals surface area contributed by atoms with Crippen molar-refractivity contribution in [2.45, 2.75) is 19.3 Å². The van der Waals surface area contributed by atoms with Crippen LogP contribution in [-0.2, 0) is 4.79 Å². The van der Waals surface area contributed by atoms with Gasteiger partial charge in [-0.1, -0.05) is 11.6 Å². The van der Waals surface area contributed by atoms with Crippen LogP contribution in [0.15, 0.2) is 24.3 Å². The number of carbonyl (C=O) groups excluding carboxylic acids is 2. The number of Topliss-reactive ketones (excluding diaryl/α,β-unsaturated/α-hetero) is 1. The summed E-state index contributed by atoms with van der Waals surface area (Å²) in [7, 11) is 0. The summed E-state index contributed by atoms with van der Waals surface area (Å²) in [6.45, 7) is 0.449. The van der Waals surface area contributed by atoms with Crippen molar-refractivity contribution in [3.05, 3.63) is 34.9 Å². The summed E-state index contributed by atoms with van der Waals surface area (Å²) in [5, 5.41) is 3.23. The minimum atomic E-state index is -0.160. The molecule has 0 radical (unpaired) electrons. The summed E-state index contributed by atoms with van der Waals surface area (Å²) in [6, 6.07) is 6.62. The summed E-state index contributed by atoms with van der Waals surface area (Å²) < 4.78 is 0. The maximum absolute atomic E-state index is 11.7. The van der Waals surface area contributed by atoms with E-state index in [0.717, 1.165) is 0 Å². The van der Waals surface area contributed by atoms with E-state index < -0.39 is 0 Å². The zero-order chi connectivity index (χ0) is 13.4. The van der Waals surface area contributed by atoms with E-state index in [4.69, 9.17) is 18.0 Å². The molecule has 1 N–H and O–H groups in total. The fourth-order valence-electron chi connectivity index (χ4n) is 1.37. The zero-order valence-electron chi connectivity index (χ0n) is 9.91. The normalized spacial score (nSPS) is 9.56. The van der Waals surface area contributed by atoms with E-state index in [9.17, 15) is 9.59 Å². The van der Waals surface area contributed by atoms with Crippen LogP contribution >= 0.6 is 11.6 Å². The summed E-state index contributed by atoms with van der Waals surface area (Å²) in [4.78, 5) is 23.1. The maximum atomic E-state index is 11.7. The van der Waals surface area contributed by atoms with Crippen LogP contribution in [0.1, 0.15) is 29.6 Å². The van der Waals surface area contributed by atoms with Crippen LogP contribution in [0.3, 0.4) is 0 Å². The van der Waals surface area contributed by atoms with E-state index >= 15 is 0 Å². The summed E-state index contributed by atoms with van der Waals surface area (Å²) in [6.07, 6.45) is 5.91. The largest absolute Gasteiger partial charge is 0.355 e. The van der Waals surface area contributed by atoms with Gasteiger partial charge in [0.2, 0.25) is 5.91 Å². The predicted octanol–water partition coefficient (Wildman–Crippen LogP) is 2.44. The lowest BCUT2D eigenvalue weighted by Gasteiger charge is -2.03. The number of terminal acetylenes is 1. The lowest BCUT2D eigenvalue weighted by atomic mass is 10.1. The highest BCUT2D eigenvalue weighted by Gasteiger charge is 2.08. The van der Waals surface area contributed by atoms with E-state index in [-0.39, 0.29) is 24.5 Å². The molecule has 0 atom stereocenters. The van der Waals surface area contributed by atoms with Crippen LogP contribution in [0.5, 0.6) is 0 Å². The van der Waals surface area contributed by atoms with E-state index in [1.165, 1.54) is 0 Å². The average molecular weight is 264 g/mol. The second kappa shape index (κ2) is 7.52. The number of rotatable bonds is 6. The Bertz CT molecular complexity index is 460. The summed E-state index contributed by atoms with van der Waals surface area (Å²) >= 11 is 5.72. The number of halogens is 1. The van der Waals surface area contributed by atoms with Crippen molar-refractivity contribution in [1.82, 2.24) is 5.32 Å². The van der Waals surface area contributed by atoms with Crippen LogP contribution in [0.2, 0.25) is 5.02 Å². The van der Waals surface area contributed by atoms with Gasteiger partial charge in [-0.25, -0.2) is 0 Å². The third-order valence-electron chi connectivity index (χ3n) is 2.34. The van der Waals surface area contributed by atoms with Crippen molar-refractivity contribution in [2.24, 2.45) is 0 Å². The molecule has 0 saturated carbocycles. The predicted molar refractivity (Wildman–Crippen MR) is 71.5 cm³/mol. The fourth-order valence-corrected chi connectivity index (χ4v) is 1.50. The fraction of sp³-hybridized carbons (Fsp3) is 0.286. The molecule has 3 nitrogen and oxygen atoms in total. The standard InChI is InChI=1S/C14H14ClNO2/c1-2-3-10-16-14(18)9-8-13(17)11-4-6-12(15)7-5-11/h1,4-7H,3,8-10H2,(H,16,18). The molecule has 18 heavy (non-hydrogen) atoms. The number of amides is 1. The first kappa shape index (κ1) is 14.3. The summed E-state index contributed by atoms with van der Waals surface area (Å²) in [5.41, 5.74) is 0.566. The van der Waals surface area contributed by atoms with Gasteiger partial charge in [0.15, 0.2) is 5.78 Å². The van der Waals surface area contributed by atoms with Crippen molar-refractivity contribution >= 4 is 23.3 Å². The van der Waals surface area contributed by atoms with Crippen LogP contribution in [0, 0.1) is 12.3 Å². The molecule has 1 rings (SSSR count). The van der Waals surface area contributed by atoms with E-state index in [1.54, 1.807) is 24.3 Å². The first-order valence-electron chi connectivity index (χ1n) is 5.62. The molecule has 0 aliphatic heterocycles. The quantitative estimate of drug-likeness (QED) is 0.487. The maximum Gasteiger partial charge on any atom is 0.220 e. The highest BCUT2D eigenvalue weighted by atomic mass is 35.5. The number of hydrogen-bond acceptors (Lipinski definition) is 2. The van der Waals surface area contributed by atoms with Gasteiger partial charge in [-0.3, -0.25) is 9.59 Å². The SMILES string of the molecule is C#CCCNC(=O)CCC(=O)c1ccc(Cl)cc1. The molecule has 0 aliphatic carbocycles. The lowest BCUT2D eigenvalue weighted by Crippen LogP contribution is -2.24. The number of benzene rings is 1. The molecule has 0 aromatic heterocycles. The van der Waals surface area contributed by atoms with E-state index in [1.807, 2.05) is 0 Å². The van der Waals surface area contributed by atoms with Crippen LogP contribution in [0.4, 0.5) is 0 Å². The lowest BCUT2D eigenvalue weighted by molar-refractivity contribution is -0.121. The van der Waals surface area contributed by atoms with Crippen molar-refractivity contribution < 1.29 is 9.59 Å². The average Bonchev–Trinajstić information content (AvgIpc) is 2.37. The Morgan fingerprint density at radius 3 is 2.50 bits per heavy atom. The molecule has 0 bridgehead atoms. The Kier molecular flexibility index (Phi) is 5.96. The van der Waals surface area contributed by atoms with Gasteiger partial charge in [-0.15, -0.1) is 12.3 Å². The molecule has 4 heteroatoms. The smallest absolute Gasteiger partial charge is 0.220 e. The summed E-state index contributed by atoms with van der Waals surface area (Å²) in [5.74, 6) is 2.19. The van der Waals surface area contributed by atoms with Crippen molar-refractivity contribution in [3.8, 4) is 12.3 Å². The Balaban J connectivity index is 2.35. The molecule has 0 aliphatic rings. The van der Waals surface area contributed by atoms with Gasteiger partial charge in [0.1, 0.15) is 0 Å². The van der Waals surface area contributed by atoms with Crippen LogP contribution in [-0.4, -0.2) is 18.2 Å². The third kappa shape index (κ3) is 5.03. The number of carbonyl (C=O) groups is 2. The van der Waals surface area contributed by atoms with Crippen LogP contribution < -0.4 is 5.32 Å². The van der Waals surface area contributed by atoms with E-state index in [0.29, 0.717) is 23.6 Å². The number of hydrogen-bond donors (Lipinski definition) is 1. The Morgan fingerprint density at radius 1 is 1.22 bits per heavy atom. The second-order valence-corrected chi connectivity index (χ2v) is 4.17. The monoisotopic (exact) mass is 263 g/mol. The molecule has 0 fully saturated rings. The number of nitrogens with one attached hydrogen (secondary N) is 1. The Morgan fingerprint density at radius 2 is 1.89 bits per heavy atom. The molecule has 0 heterocycles. The van der Waals surface area contributed by atoms with Gasteiger partial charge < -0.3 is 5.32 Å². The van der Waals surface area contributed by atoms with Crippen molar-refractivity contribution in [1.29, 1.82) is 0 Å². The molecule has 1 aromatic carbocycles. The van der Waals surface area contributed by atoms with Gasteiger partial charge in [0.05, 0.1) is 0 Å². The number of ketones is 1. The zero-order valence-corrected chi connectivity index (χ0v) is 10.7. The minimum Gasteiger partial charge on any atom is -0.355 e. The molecule has 1 amide bonds. The molecular weight excluding hydrogens is 250 g/mol. The highest BCUT2D eigenvalue weighted by molar-refractivity contribution is 6.30. The highest BCUT2D eigenvalue weighted by Crippen LogP contribution is 2.11. The molecule has 0 spiro atoms. The Labute approximate surface area is 112 Å². The molecule has 1 aromatic rings. The van der Waals surface area contributed by atoms with Gasteiger partial charge in [-0.05, 0) is 24.3 Å². The first-order chi connectivity index (χ1) is 8.63. The second-order valence-electron chi connectivity index (χ2n) is 3.73. The molecular formula is C14H14ClNO2. The van der Waals surface area contributed by atoms with Gasteiger partial charge in [-0.2, -0.15) is 0 Å². The molecule has 94 valence electrons. The third-order valence-corrected chi connectivity index (χ3v) is 2.59. The van der Waals surface area contributed by atoms with Crippen LogP contribution in [0.25, 0.3) is 0 Å². The first-order valence-corrected chi connectivity index (χ1v) is 6.00. The topological polar surface area (TPSA) is 46.2 Å². The van der Waals surface area contributed by atoms with Crippen molar-refractivity contribution in [3.63, 3.8) is 0 Å². The van der Waals surface area contributed by atoms with Crippen molar-refractivity contribution in [2.75, 3.05) is 6.54 Å². The van der Waals surface area contributed by atoms with E-state index in [2.05, 4.69) is 11.2 Å². The van der Waals surface area contributed by atoms with Gasteiger partial charge >= 0.3 is 0 Å². The molecule has 0 saturated heterocycles. The van der Waals surface area contributed by atoms with Gasteiger partial charge in [0, 0.05) is 36.4 Å². The Hall–Kier alpha value is -1.79.